The van der Waals surface area contributed by atoms with Gasteiger partial charge in [0.1, 0.15) is 0 Å². The van der Waals surface area contributed by atoms with Crippen molar-refractivity contribution in [3.63, 3.8) is 0 Å². The van der Waals surface area contributed by atoms with Gasteiger partial charge in [0.25, 0.3) is 0 Å². The Hall–Kier alpha value is -0.970. The number of aliphatic hydroxyl groups excluding tert-OH is 1. The molecule has 1 aromatic carbocycles. The Balaban J connectivity index is 0.00000128. The maximum Gasteiger partial charge on any atom is 0.231 e. The Labute approximate surface area is 101 Å². The van der Waals surface area contributed by atoms with E-state index in [1.54, 1.807) is 0 Å². The first-order chi connectivity index (χ1) is 7.33. The highest BCUT2D eigenvalue weighted by Crippen LogP contribution is 2.38. The molecular formula is C11H16ClNO3. The Morgan fingerprint density at radius 3 is 2.94 bits per heavy atom. The van der Waals surface area contributed by atoms with Crippen LogP contribution in [0, 0.1) is 0 Å². The summed E-state index contributed by atoms with van der Waals surface area (Å²) in [6.07, 6.45) is 1.45. The largest absolute Gasteiger partial charge is 0.454 e. The van der Waals surface area contributed by atoms with Gasteiger partial charge in [0, 0.05) is 18.2 Å². The van der Waals surface area contributed by atoms with Crippen LogP contribution < -0.4 is 15.2 Å². The normalized spacial score (nSPS) is 14.4. The second kappa shape index (κ2) is 5.94. The average molecular weight is 246 g/mol. The third-order valence-electron chi connectivity index (χ3n) is 2.50. The van der Waals surface area contributed by atoms with Crippen molar-refractivity contribution in [2.45, 2.75) is 18.9 Å². The molecule has 0 saturated heterocycles. The van der Waals surface area contributed by atoms with E-state index in [4.69, 9.17) is 20.3 Å². The van der Waals surface area contributed by atoms with Crippen LogP contribution in [0.5, 0.6) is 11.5 Å². The van der Waals surface area contributed by atoms with E-state index in [1.165, 1.54) is 0 Å². The van der Waals surface area contributed by atoms with Gasteiger partial charge >= 0.3 is 0 Å². The molecule has 0 radical (unpaired) electrons. The molecule has 1 aromatic rings. The van der Waals surface area contributed by atoms with E-state index in [-0.39, 0.29) is 31.8 Å². The number of rotatable bonds is 4. The van der Waals surface area contributed by atoms with Crippen molar-refractivity contribution in [2.24, 2.45) is 5.73 Å². The summed E-state index contributed by atoms with van der Waals surface area (Å²) in [6.45, 7) is 0.430. The fraction of sp³-hybridized carbons (Fsp3) is 0.455. The van der Waals surface area contributed by atoms with Gasteiger partial charge < -0.3 is 20.3 Å². The van der Waals surface area contributed by atoms with Crippen molar-refractivity contribution in [3.8, 4) is 11.5 Å². The van der Waals surface area contributed by atoms with Crippen LogP contribution in [0.2, 0.25) is 0 Å². The summed E-state index contributed by atoms with van der Waals surface area (Å²) in [7, 11) is 0. The van der Waals surface area contributed by atoms with Crippen LogP contribution in [0.25, 0.3) is 0 Å². The molecule has 0 saturated carbocycles. The molecule has 90 valence electrons. The van der Waals surface area contributed by atoms with E-state index in [9.17, 15) is 0 Å². The summed E-state index contributed by atoms with van der Waals surface area (Å²) in [6, 6.07) is 5.61. The first-order valence-electron chi connectivity index (χ1n) is 5.08. The minimum absolute atomic E-state index is 0. The molecule has 0 aromatic heterocycles. The summed E-state index contributed by atoms with van der Waals surface area (Å²) in [5, 5.41) is 8.74. The van der Waals surface area contributed by atoms with Gasteiger partial charge in [0.2, 0.25) is 6.79 Å². The van der Waals surface area contributed by atoms with Gasteiger partial charge in [-0.2, -0.15) is 0 Å². The number of hydrogen-bond acceptors (Lipinski definition) is 4. The van der Waals surface area contributed by atoms with Crippen LogP contribution in [0.15, 0.2) is 18.2 Å². The number of aliphatic hydroxyl groups is 1. The maximum atomic E-state index is 8.74. The van der Waals surface area contributed by atoms with Crippen molar-refractivity contribution in [3.05, 3.63) is 23.8 Å². The highest BCUT2D eigenvalue weighted by molar-refractivity contribution is 5.85. The fourth-order valence-electron chi connectivity index (χ4n) is 1.71. The van der Waals surface area contributed by atoms with Crippen LogP contribution in [0.3, 0.4) is 0 Å². The zero-order valence-electron chi connectivity index (χ0n) is 8.89. The Morgan fingerprint density at radius 2 is 2.19 bits per heavy atom. The number of nitrogens with two attached hydrogens (primary N) is 1. The van der Waals surface area contributed by atoms with Gasteiger partial charge in [-0.3, -0.25) is 0 Å². The number of para-hydroxylation sites is 1. The summed E-state index contributed by atoms with van der Waals surface area (Å²) >= 11 is 0. The van der Waals surface area contributed by atoms with Crippen molar-refractivity contribution < 1.29 is 14.6 Å². The Kier molecular flexibility index (Phi) is 4.86. The summed E-state index contributed by atoms with van der Waals surface area (Å²) in [5.41, 5.74) is 6.96. The predicted molar refractivity (Wildman–Crippen MR) is 63.1 cm³/mol. The van der Waals surface area contributed by atoms with E-state index < -0.39 is 0 Å². The molecule has 3 N–H and O–H groups in total. The number of hydrogen-bond donors (Lipinski definition) is 2. The molecule has 0 bridgehead atoms. The maximum absolute atomic E-state index is 8.74. The smallest absolute Gasteiger partial charge is 0.231 e. The van der Waals surface area contributed by atoms with Gasteiger partial charge in [-0.25, -0.2) is 0 Å². The van der Waals surface area contributed by atoms with Crippen LogP contribution >= 0.6 is 12.4 Å². The van der Waals surface area contributed by atoms with E-state index in [2.05, 4.69) is 0 Å². The van der Waals surface area contributed by atoms with Crippen molar-refractivity contribution >= 4 is 12.4 Å². The SMILES string of the molecule is Cl.N[C@@H](CCCO)c1cccc2c1OCO2. The summed E-state index contributed by atoms with van der Waals surface area (Å²) in [5.74, 6) is 1.51. The number of benzene rings is 1. The van der Waals surface area contributed by atoms with Gasteiger partial charge in [-0.1, -0.05) is 12.1 Å². The van der Waals surface area contributed by atoms with Gasteiger partial charge in [0.15, 0.2) is 11.5 Å². The van der Waals surface area contributed by atoms with Gasteiger partial charge in [-0.05, 0) is 18.9 Å². The molecule has 1 heterocycles. The second-order valence-corrected chi connectivity index (χ2v) is 3.55. The Morgan fingerprint density at radius 1 is 1.38 bits per heavy atom. The summed E-state index contributed by atoms with van der Waals surface area (Å²) in [4.78, 5) is 0. The van der Waals surface area contributed by atoms with Crippen LogP contribution in [-0.4, -0.2) is 18.5 Å². The van der Waals surface area contributed by atoms with E-state index in [1.807, 2.05) is 18.2 Å². The molecule has 0 unspecified atom stereocenters. The molecule has 0 amide bonds. The molecule has 1 atom stereocenters. The molecule has 2 rings (SSSR count). The first kappa shape index (κ1) is 13.1. The van der Waals surface area contributed by atoms with Crippen LogP contribution in [0.1, 0.15) is 24.4 Å². The van der Waals surface area contributed by atoms with E-state index in [0.717, 1.165) is 23.5 Å². The molecule has 0 spiro atoms. The van der Waals surface area contributed by atoms with Crippen LogP contribution in [0.4, 0.5) is 0 Å². The fourth-order valence-corrected chi connectivity index (χ4v) is 1.71. The lowest BCUT2D eigenvalue weighted by atomic mass is 10.0. The number of fused-ring (bicyclic) bond motifs is 1. The Bertz CT molecular complexity index is 346. The third-order valence-corrected chi connectivity index (χ3v) is 2.50. The quantitative estimate of drug-likeness (QED) is 0.846. The topological polar surface area (TPSA) is 64.7 Å². The first-order valence-corrected chi connectivity index (χ1v) is 5.08. The van der Waals surface area contributed by atoms with Crippen molar-refractivity contribution in [2.75, 3.05) is 13.4 Å². The highest BCUT2D eigenvalue weighted by atomic mass is 35.5. The minimum Gasteiger partial charge on any atom is -0.454 e. The number of ether oxygens (including phenoxy) is 2. The van der Waals surface area contributed by atoms with Crippen molar-refractivity contribution in [1.82, 2.24) is 0 Å². The molecule has 1 aliphatic rings. The van der Waals surface area contributed by atoms with Crippen molar-refractivity contribution in [1.29, 1.82) is 0 Å². The molecule has 0 fully saturated rings. The van der Waals surface area contributed by atoms with Gasteiger partial charge in [-0.15, -0.1) is 12.4 Å². The predicted octanol–water partition coefficient (Wildman–Crippen LogP) is 1.61. The molecule has 0 aliphatic carbocycles. The monoisotopic (exact) mass is 245 g/mol. The van der Waals surface area contributed by atoms with E-state index >= 15 is 0 Å². The second-order valence-electron chi connectivity index (χ2n) is 3.55. The summed E-state index contributed by atoms with van der Waals surface area (Å²) < 4.78 is 10.6. The molecule has 4 nitrogen and oxygen atoms in total. The molecule has 5 heteroatoms. The average Bonchev–Trinajstić information content (AvgIpc) is 2.73. The third kappa shape index (κ3) is 2.58. The minimum atomic E-state index is -0.103. The molecular weight excluding hydrogens is 230 g/mol. The highest BCUT2D eigenvalue weighted by Gasteiger charge is 2.20. The molecule has 1 aliphatic heterocycles. The zero-order chi connectivity index (χ0) is 10.7. The molecule has 16 heavy (non-hydrogen) atoms. The lowest BCUT2D eigenvalue weighted by Crippen LogP contribution is -2.11. The van der Waals surface area contributed by atoms with Crippen LogP contribution in [-0.2, 0) is 0 Å². The zero-order valence-corrected chi connectivity index (χ0v) is 9.70. The number of halogens is 1. The van der Waals surface area contributed by atoms with E-state index in [0.29, 0.717) is 6.42 Å². The lowest BCUT2D eigenvalue weighted by Gasteiger charge is -2.13. The van der Waals surface area contributed by atoms with Gasteiger partial charge in [0.05, 0.1) is 0 Å². The standard InChI is InChI=1S/C11H15NO3.ClH/c12-9(4-2-6-13)8-3-1-5-10-11(8)15-7-14-10;/h1,3,5,9,13H,2,4,6-7,12H2;1H/t9-;/m0./s1. The lowest BCUT2D eigenvalue weighted by molar-refractivity contribution is 0.172.